The fourth-order valence-electron chi connectivity index (χ4n) is 1.20. The Hall–Kier alpha value is 1.20. The van der Waals surface area contributed by atoms with Crippen LogP contribution in [0.25, 0.3) is 0 Å². The zero-order valence-electron chi connectivity index (χ0n) is 12.4. The van der Waals surface area contributed by atoms with Crippen LogP contribution in [0, 0.1) is 0 Å². The van der Waals surface area contributed by atoms with E-state index in [2.05, 4.69) is 26.3 Å². The average Bonchev–Trinajstić information content (AvgIpc) is 2.51. The van der Waals surface area contributed by atoms with Gasteiger partial charge in [-0.15, -0.1) is 0 Å². The summed E-state index contributed by atoms with van der Waals surface area (Å²) >= 11 is 23.7. The van der Waals surface area contributed by atoms with Gasteiger partial charge in [-0.05, 0) is 0 Å². The number of hydrogen-bond donors (Lipinski definition) is 0. The third-order valence-corrected chi connectivity index (χ3v) is 26.8. The summed E-state index contributed by atoms with van der Waals surface area (Å²) in [6.45, 7) is 14.2. The summed E-state index contributed by atoms with van der Waals surface area (Å²) in [6, 6.07) is 0. The molecule has 0 bridgehead atoms. The van der Waals surface area contributed by atoms with Crippen LogP contribution in [-0.4, -0.2) is 57.9 Å². The Labute approximate surface area is 185 Å². The van der Waals surface area contributed by atoms with Crippen LogP contribution in [0.2, 0.25) is 0 Å². The van der Waals surface area contributed by atoms with Gasteiger partial charge in [-0.25, -0.2) is 0 Å². The second-order valence-electron chi connectivity index (χ2n) is 4.14. The first kappa shape index (κ1) is 26.2. The molecule has 0 radical (unpaired) electrons. The molecule has 0 spiro atoms. The molecule has 0 aliphatic heterocycles. The predicted molar refractivity (Wildman–Crippen MR) is 106 cm³/mol. The van der Waals surface area contributed by atoms with Crippen molar-refractivity contribution in [3.8, 4) is 0 Å². The molecule has 0 aliphatic carbocycles. The Morgan fingerprint density at radius 2 is 0.920 bits per heavy atom. The Bertz CT molecular complexity index is 518. The monoisotopic (exact) mass is 686 g/mol. The van der Waals surface area contributed by atoms with Crippen LogP contribution in [0.15, 0.2) is 42.7 Å². The van der Waals surface area contributed by atoms with Gasteiger partial charge in [0.2, 0.25) is 0 Å². The molecular formula is C12H12Cl6O5Sn2. The Balaban J connectivity index is 5.82. The van der Waals surface area contributed by atoms with Crippen molar-refractivity contribution in [3.63, 3.8) is 0 Å². The number of hydrogen-bond acceptors (Lipinski definition) is 5. The number of carbonyl (C=O) groups is 2. The molecular weight excluding hydrogens is 674 g/mol. The minimum atomic E-state index is -4.64. The van der Waals surface area contributed by atoms with Gasteiger partial charge in [-0.1, -0.05) is 0 Å². The van der Waals surface area contributed by atoms with Crippen molar-refractivity contribution in [3.05, 3.63) is 42.7 Å². The normalized spacial score (nSPS) is 12.7. The zero-order valence-corrected chi connectivity index (χ0v) is 22.7. The molecule has 0 amide bonds. The standard InChI is InChI=1S/2C2HCl3O2.4C2H3.O.2Sn/c2*3-2(4,5)1(6)7;4*1-2;;;/h2*(H,6,7);4*1H,2H2;;;/q;;;;;;;2*+1/p-2. The fourth-order valence-corrected chi connectivity index (χ4v) is 27.1. The molecule has 25 heavy (non-hydrogen) atoms. The van der Waals surface area contributed by atoms with Gasteiger partial charge in [0.25, 0.3) is 0 Å². The second kappa shape index (κ2) is 10.1. The van der Waals surface area contributed by atoms with E-state index in [1.807, 2.05) is 0 Å². The van der Waals surface area contributed by atoms with Gasteiger partial charge in [0.1, 0.15) is 0 Å². The van der Waals surface area contributed by atoms with E-state index in [9.17, 15) is 9.59 Å². The van der Waals surface area contributed by atoms with Gasteiger partial charge in [-0.3, -0.25) is 0 Å². The molecule has 0 unspecified atom stereocenters. The third kappa shape index (κ3) is 7.99. The van der Waals surface area contributed by atoms with E-state index in [0.29, 0.717) is 0 Å². The van der Waals surface area contributed by atoms with E-state index in [-0.39, 0.29) is 0 Å². The maximum absolute atomic E-state index is 11.9. The van der Waals surface area contributed by atoms with Gasteiger partial charge < -0.3 is 0 Å². The van der Waals surface area contributed by atoms with Crippen molar-refractivity contribution in [1.29, 1.82) is 0 Å². The summed E-state index contributed by atoms with van der Waals surface area (Å²) in [4.78, 5) is 23.8. The summed E-state index contributed by atoms with van der Waals surface area (Å²) < 4.78 is 16.5. The molecule has 0 atom stereocenters. The van der Waals surface area contributed by atoms with Crippen LogP contribution in [0.5, 0.6) is 0 Å². The van der Waals surface area contributed by atoms with E-state index >= 15 is 0 Å². The fraction of sp³-hybridized carbons (Fsp3) is 0.167. The molecule has 140 valence electrons. The quantitative estimate of drug-likeness (QED) is 0.276. The van der Waals surface area contributed by atoms with E-state index in [1.165, 1.54) is 16.4 Å². The summed E-state index contributed by atoms with van der Waals surface area (Å²) in [7, 11) is 0. The zero-order chi connectivity index (χ0) is 20.1. The first-order valence-electron chi connectivity index (χ1n) is 6.05. The Morgan fingerprint density at radius 3 is 1.08 bits per heavy atom. The summed E-state index contributed by atoms with van der Waals surface area (Å²) in [5.74, 6) is -2.40. The summed E-state index contributed by atoms with van der Waals surface area (Å²) in [5.41, 5.74) is 0. The average molecular weight is 686 g/mol. The van der Waals surface area contributed by atoms with E-state index in [4.69, 9.17) is 77.2 Å². The van der Waals surface area contributed by atoms with Crippen LogP contribution in [0.1, 0.15) is 0 Å². The first-order valence-corrected chi connectivity index (χ1v) is 19.6. The first-order chi connectivity index (χ1) is 11.2. The summed E-state index contributed by atoms with van der Waals surface area (Å²) in [5, 5.41) is 0. The number of carbonyl (C=O) groups excluding carboxylic acids is 2. The molecule has 13 heteroatoms. The number of halogens is 6. The molecule has 0 aromatic heterocycles. The van der Waals surface area contributed by atoms with Crippen LogP contribution in [0.3, 0.4) is 0 Å². The van der Waals surface area contributed by atoms with Crippen molar-refractivity contribution in [1.82, 2.24) is 0 Å². The van der Waals surface area contributed by atoms with Gasteiger partial charge in [0.15, 0.2) is 0 Å². The molecule has 0 fully saturated rings. The van der Waals surface area contributed by atoms with E-state index in [0.717, 1.165) is 0 Å². The predicted octanol–water partition coefficient (Wildman–Crippen LogP) is 4.62. The van der Waals surface area contributed by atoms with Crippen LogP contribution in [0.4, 0.5) is 0 Å². The number of alkyl halides is 6. The van der Waals surface area contributed by atoms with Crippen molar-refractivity contribution < 1.29 is 17.1 Å². The van der Waals surface area contributed by atoms with Crippen molar-refractivity contribution in [2.45, 2.75) is 7.59 Å². The van der Waals surface area contributed by atoms with Gasteiger partial charge in [0, 0.05) is 0 Å². The van der Waals surface area contributed by atoms with Crippen LogP contribution in [-0.2, 0) is 17.1 Å². The molecule has 0 aromatic rings. The molecule has 0 heterocycles. The third-order valence-electron chi connectivity index (χ3n) is 2.42. The van der Waals surface area contributed by atoms with Gasteiger partial charge >= 0.3 is 187 Å². The topological polar surface area (TPSA) is 61.8 Å². The van der Waals surface area contributed by atoms with E-state index < -0.39 is 57.9 Å². The van der Waals surface area contributed by atoms with Gasteiger partial charge in [0.05, 0.1) is 0 Å². The Kier molecular flexibility index (Phi) is 10.6. The maximum atomic E-state index is 11.9. The summed E-state index contributed by atoms with van der Waals surface area (Å²) in [6.07, 6.45) is 0. The number of rotatable bonds is 8. The molecule has 0 rings (SSSR count). The molecule has 0 saturated heterocycles. The SMILES string of the molecule is C=[CH][Sn]([CH]=C)([O]C(=O)C(Cl)(Cl)Cl)[O][Sn]([CH]=C)([CH]=C)[O]C(=O)C(Cl)(Cl)Cl. The van der Waals surface area contributed by atoms with Crippen molar-refractivity contribution in [2.24, 2.45) is 0 Å². The van der Waals surface area contributed by atoms with Gasteiger partial charge in [-0.2, -0.15) is 0 Å². The van der Waals surface area contributed by atoms with Crippen molar-refractivity contribution >= 4 is 120 Å². The molecule has 0 N–H and O–H groups in total. The van der Waals surface area contributed by atoms with Crippen LogP contribution < -0.4 is 0 Å². The Morgan fingerprint density at radius 1 is 0.680 bits per heavy atom. The molecule has 0 saturated carbocycles. The second-order valence-corrected chi connectivity index (χ2v) is 27.3. The molecule has 5 nitrogen and oxygen atoms in total. The van der Waals surface area contributed by atoms with Crippen molar-refractivity contribution in [2.75, 3.05) is 0 Å². The molecule has 0 aromatic carbocycles. The minimum absolute atomic E-state index is 1.20. The van der Waals surface area contributed by atoms with Crippen LogP contribution >= 0.6 is 69.6 Å². The van der Waals surface area contributed by atoms with E-state index in [1.54, 1.807) is 0 Å². The molecule has 0 aliphatic rings.